The maximum Gasteiger partial charge on any atom is 0.267 e. The Kier molecular flexibility index (Phi) is 5.74. The van der Waals surface area contributed by atoms with E-state index in [4.69, 9.17) is 0 Å². The smallest absolute Gasteiger partial charge is 0.267 e. The summed E-state index contributed by atoms with van der Waals surface area (Å²) in [6, 6.07) is 9.80. The Bertz CT molecular complexity index is 1000. The summed E-state index contributed by atoms with van der Waals surface area (Å²) in [4.78, 5) is 28.8. The maximum absolute atomic E-state index is 13.0. The summed E-state index contributed by atoms with van der Waals surface area (Å²) >= 11 is 0. The van der Waals surface area contributed by atoms with Gasteiger partial charge in [0.15, 0.2) is 0 Å². The van der Waals surface area contributed by atoms with E-state index in [1.54, 1.807) is 13.0 Å². The molecule has 8 heteroatoms. The average molecular weight is 376 g/mol. The zero-order valence-corrected chi connectivity index (χ0v) is 14.5. The third-order valence-corrected chi connectivity index (χ3v) is 3.62. The SMILES string of the molecule is Cc1cc(NC(=O)c2cccn(-c3ccc(F)cc3)c2=O)ncc1O.Cl. The topological polar surface area (TPSA) is 84.2 Å². The predicted octanol–water partition coefficient (Wildman–Crippen LogP) is 3.06. The van der Waals surface area contributed by atoms with E-state index >= 15 is 0 Å². The lowest BCUT2D eigenvalue weighted by Gasteiger charge is -2.09. The Morgan fingerprint density at radius 3 is 2.58 bits per heavy atom. The average Bonchev–Trinajstić information content (AvgIpc) is 2.59. The first-order valence-corrected chi connectivity index (χ1v) is 7.40. The van der Waals surface area contributed by atoms with Crippen LogP contribution in [0.5, 0.6) is 5.75 Å². The fourth-order valence-corrected chi connectivity index (χ4v) is 2.27. The van der Waals surface area contributed by atoms with Gasteiger partial charge in [-0.25, -0.2) is 9.37 Å². The molecule has 1 amide bonds. The molecule has 3 aromatic rings. The van der Waals surface area contributed by atoms with Crippen LogP contribution in [0.25, 0.3) is 5.69 Å². The second kappa shape index (κ2) is 7.79. The van der Waals surface area contributed by atoms with Crippen LogP contribution in [-0.4, -0.2) is 20.6 Å². The van der Waals surface area contributed by atoms with Crippen molar-refractivity contribution in [2.24, 2.45) is 0 Å². The molecule has 0 bridgehead atoms. The van der Waals surface area contributed by atoms with Crippen LogP contribution >= 0.6 is 12.4 Å². The first kappa shape index (κ1) is 19.1. The Morgan fingerprint density at radius 1 is 1.23 bits per heavy atom. The van der Waals surface area contributed by atoms with Gasteiger partial charge in [-0.3, -0.25) is 14.2 Å². The van der Waals surface area contributed by atoms with Crippen LogP contribution < -0.4 is 10.9 Å². The van der Waals surface area contributed by atoms with Crippen molar-refractivity contribution in [1.29, 1.82) is 0 Å². The highest BCUT2D eigenvalue weighted by molar-refractivity contribution is 6.03. The molecule has 2 heterocycles. The lowest BCUT2D eigenvalue weighted by atomic mass is 10.2. The molecular formula is C18H15ClFN3O3. The number of halogens is 2. The quantitative estimate of drug-likeness (QED) is 0.737. The molecule has 2 N–H and O–H groups in total. The van der Waals surface area contributed by atoms with E-state index in [1.807, 2.05) is 0 Å². The number of aromatic hydroxyl groups is 1. The molecule has 0 aliphatic carbocycles. The number of benzene rings is 1. The third kappa shape index (κ3) is 3.89. The molecular weight excluding hydrogens is 361 g/mol. The van der Waals surface area contributed by atoms with Gasteiger partial charge in [-0.05, 0) is 55.0 Å². The highest BCUT2D eigenvalue weighted by atomic mass is 35.5. The van der Waals surface area contributed by atoms with Gasteiger partial charge in [-0.1, -0.05) is 0 Å². The van der Waals surface area contributed by atoms with Gasteiger partial charge in [0.2, 0.25) is 0 Å². The standard InChI is InChI=1S/C18H14FN3O3.ClH/c1-11-9-16(20-10-15(11)23)21-17(24)14-3-2-8-22(18(14)25)13-6-4-12(19)5-7-13;/h2-10,23H,1H3,(H,20,21,24);1H. The van der Waals surface area contributed by atoms with E-state index in [9.17, 15) is 19.1 Å². The van der Waals surface area contributed by atoms with Gasteiger partial charge >= 0.3 is 0 Å². The van der Waals surface area contributed by atoms with Gasteiger partial charge in [0.25, 0.3) is 11.5 Å². The van der Waals surface area contributed by atoms with Crippen LogP contribution in [0, 0.1) is 12.7 Å². The molecule has 0 saturated carbocycles. The number of aryl methyl sites for hydroxylation is 1. The number of amides is 1. The molecule has 0 spiro atoms. The van der Waals surface area contributed by atoms with Crippen molar-refractivity contribution in [3.05, 3.63) is 82.2 Å². The first-order valence-electron chi connectivity index (χ1n) is 7.40. The summed E-state index contributed by atoms with van der Waals surface area (Å²) < 4.78 is 14.3. The third-order valence-electron chi connectivity index (χ3n) is 3.62. The molecule has 0 saturated heterocycles. The van der Waals surface area contributed by atoms with E-state index in [1.165, 1.54) is 53.4 Å². The predicted molar refractivity (Wildman–Crippen MR) is 97.8 cm³/mol. The van der Waals surface area contributed by atoms with Crippen LogP contribution in [0.15, 0.2) is 59.7 Å². The number of aromatic nitrogens is 2. The van der Waals surface area contributed by atoms with Crippen molar-refractivity contribution < 1.29 is 14.3 Å². The first-order chi connectivity index (χ1) is 12.0. The molecule has 1 aromatic carbocycles. The minimum absolute atomic E-state index is 0. The fourth-order valence-electron chi connectivity index (χ4n) is 2.27. The number of hydrogen-bond donors (Lipinski definition) is 2. The van der Waals surface area contributed by atoms with Crippen molar-refractivity contribution >= 4 is 24.1 Å². The number of pyridine rings is 2. The molecule has 3 rings (SSSR count). The summed E-state index contributed by atoms with van der Waals surface area (Å²) in [5, 5.41) is 12.0. The maximum atomic E-state index is 13.0. The lowest BCUT2D eigenvalue weighted by molar-refractivity contribution is 0.102. The molecule has 2 aromatic heterocycles. The van der Waals surface area contributed by atoms with E-state index in [2.05, 4.69) is 10.3 Å². The molecule has 6 nitrogen and oxygen atoms in total. The Labute approximate surface area is 154 Å². The van der Waals surface area contributed by atoms with Gasteiger partial charge in [0.1, 0.15) is 22.9 Å². The summed E-state index contributed by atoms with van der Waals surface area (Å²) in [5.41, 5.74) is 0.364. The minimum Gasteiger partial charge on any atom is -0.506 e. The summed E-state index contributed by atoms with van der Waals surface area (Å²) in [5.74, 6) is -0.813. The molecule has 0 fully saturated rings. The molecule has 26 heavy (non-hydrogen) atoms. The summed E-state index contributed by atoms with van der Waals surface area (Å²) in [6.45, 7) is 1.66. The number of rotatable bonds is 3. The molecule has 0 unspecified atom stereocenters. The Hall–Kier alpha value is -3.19. The molecule has 134 valence electrons. The van der Waals surface area contributed by atoms with Gasteiger partial charge < -0.3 is 10.4 Å². The Balaban J connectivity index is 0.00000243. The highest BCUT2D eigenvalue weighted by Gasteiger charge is 2.14. The van der Waals surface area contributed by atoms with Gasteiger partial charge in [-0.2, -0.15) is 0 Å². The van der Waals surface area contributed by atoms with Crippen molar-refractivity contribution in [1.82, 2.24) is 9.55 Å². The number of hydrogen-bond acceptors (Lipinski definition) is 4. The van der Waals surface area contributed by atoms with E-state index < -0.39 is 17.3 Å². The van der Waals surface area contributed by atoms with Crippen molar-refractivity contribution in [3.63, 3.8) is 0 Å². The van der Waals surface area contributed by atoms with Gasteiger partial charge in [0.05, 0.1) is 6.20 Å². The van der Waals surface area contributed by atoms with Crippen LogP contribution in [0.3, 0.4) is 0 Å². The van der Waals surface area contributed by atoms with Crippen molar-refractivity contribution in [3.8, 4) is 11.4 Å². The number of anilines is 1. The van der Waals surface area contributed by atoms with Crippen LogP contribution in [-0.2, 0) is 0 Å². The zero-order valence-electron chi connectivity index (χ0n) is 13.6. The number of nitrogens with one attached hydrogen (secondary N) is 1. The number of carbonyl (C=O) groups excluding carboxylic acids is 1. The van der Waals surface area contributed by atoms with E-state index in [0.29, 0.717) is 11.3 Å². The van der Waals surface area contributed by atoms with E-state index in [0.717, 1.165) is 0 Å². The number of nitrogens with zero attached hydrogens (tertiary/aromatic N) is 2. The van der Waals surface area contributed by atoms with Crippen LogP contribution in [0.1, 0.15) is 15.9 Å². The zero-order chi connectivity index (χ0) is 18.0. The summed E-state index contributed by atoms with van der Waals surface area (Å²) in [7, 11) is 0. The minimum atomic E-state index is -0.626. The summed E-state index contributed by atoms with van der Waals surface area (Å²) in [6.07, 6.45) is 2.71. The highest BCUT2D eigenvalue weighted by Crippen LogP contribution is 2.17. The number of carbonyl (C=O) groups is 1. The molecule has 0 atom stereocenters. The second-order valence-electron chi connectivity index (χ2n) is 5.38. The molecule has 0 aliphatic heterocycles. The molecule has 0 aliphatic rings. The fraction of sp³-hybridized carbons (Fsp3) is 0.0556. The normalized spacial score (nSPS) is 10.1. The largest absolute Gasteiger partial charge is 0.506 e. The van der Waals surface area contributed by atoms with Crippen LogP contribution in [0.2, 0.25) is 0 Å². The van der Waals surface area contributed by atoms with Crippen LogP contribution in [0.4, 0.5) is 10.2 Å². The second-order valence-corrected chi connectivity index (χ2v) is 5.38. The Morgan fingerprint density at radius 2 is 1.92 bits per heavy atom. The van der Waals surface area contributed by atoms with Gasteiger partial charge in [-0.15, -0.1) is 12.4 Å². The molecule has 0 radical (unpaired) electrons. The van der Waals surface area contributed by atoms with E-state index in [-0.39, 0.29) is 29.5 Å². The van der Waals surface area contributed by atoms with Gasteiger partial charge in [0, 0.05) is 11.9 Å². The monoisotopic (exact) mass is 375 g/mol. The van der Waals surface area contributed by atoms with Crippen molar-refractivity contribution in [2.45, 2.75) is 6.92 Å². The lowest BCUT2D eigenvalue weighted by Crippen LogP contribution is -2.28. The van der Waals surface area contributed by atoms with Crippen molar-refractivity contribution in [2.75, 3.05) is 5.32 Å².